The maximum absolute atomic E-state index is 10.9. The molecule has 7 nitrogen and oxygen atoms in total. The van der Waals surface area contributed by atoms with Crippen molar-refractivity contribution in [2.45, 2.75) is 12.5 Å². The van der Waals surface area contributed by atoms with Crippen molar-refractivity contribution in [3.05, 3.63) is 34.4 Å². The normalized spacial score (nSPS) is 11.8. The molecule has 0 saturated carbocycles. The van der Waals surface area contributed by atoms with Gasteiger partial charge < -0.3 is 15.8 Å². The van der Waals surface area contributed by atoms with E-state index < -0.39 is 16.9 Å². The van der Waals surface area contributed by atoms with Crippen LogP contribution >= 0.6 is 0 Å². The summed E-state index contributed by atoms with van der Waals surface area (Å²) in [6.07, 6.45) is 0.433. The third kappa shape index (κ3) is 4.02. The number of nitro groups is 1. The van der Waals surface area contributed by atoms with Crippen molar-refractivity contribution in [2.75, 3.05) is 13.7 Å². The molecule has 1 unspecified atom stereocenters. The number of nitro benzene ring substituents is 1. The van der Waals surface area contributed by atoms with Crippen molar-refractivity contribution in [3.63, 3.8) is 0 Å². The minimum absolute atomic E-state index is 0.00703. The molecule has 7 heteroatoms. The third-order valence-electron chi connectivity index (χ3n) is 2.41. The van der Waals surface area contributed by atoms with E-state index in [-0.39, 0.29) is 5.69 Å². The van der Waals surface area contributed by atoms with Crippen molar-refractivity contribution in [1.82, 2.24) is 5.32 Å². The highest BCUT2D eigenvalue weighted by Gasteiger charge is 2.12. The van der Waals surface area contributed by atoms with Crippen LogP contribution in [0.1, 0.15) is 6.42 Å². The van der Waals surface area contributed by atoms with Gasteiger partial charge in [-0.25, -0.2) is 0 Å². The number of non-ortho nitro benzene ring substituents is 1. The molecule has 0 aliphatic carbocycles. The summed E-state index contributed by atoms with van der Waals surface area (Å²) in [5.41, 5.74) is 5.15. The van der Waals surface area contributed by atoms with Crippen molar-refractivity contribution in [1.29, 1.82) is 0 Å². The van der Waals surface area contributed by atoms with Crippen LogP contribution in [0.25, 0.3) is 0 Å². The van der Waals surface area contributed by atoms with E-state index in [0.29, 0.717) is 18.8 Å². The Kier molecular flexibility index (Phi) is 5.06. The first kappa shape index (κ1) is 13.9. The second kappa shape index (κ2) is 6.55. The number of nitrogens with two attached hydrogens (primary N) is 1. The van der Waals surface area contributed by atoms with Crippen LogP contribution < -0.4 is 15.8 Å². The summed E-state index contributed by atoms with van der Waals surface area (Å²) in [6, 6.07) is 5.30. The number of hydrogen-bond donors (Lipinski definition) is 2. The van der Waals surface area contributed by atoms with E-state index in [9.17, 15) is 14.9 Å². The van der Waals surface area contributed by atoms with E-state index in [1.165, 1.54) is 24.3 Å². The molecular formula is C11H15N3O4. The predicted molar refractivity (Wildman–Crippen MR) is 65.3 cm³/mol. The van der Waals surface area contributed by atoms with Crippen molar-refractivity contribution >= 4 is 11.6 Å². The maximum atomic E-state index is 10.9. The monoisotopic (exact) mass is 253 g/mol. The van der Waals surface area contributed by atoms with Gasteiger partial charge in [0.15, 0.2) is 0 Å². The lowest BCUT2D eigenvalue weighted by Gasteiger charge is -2.12. The predicted octanol–water partition coefficient (Wildman–Crippen LogP) is 0.437. The lowest BCUT2D eigenvalue weighted by atomic mass is 10.2. The SMILES string of the molecule is CNC(CCOc1ccc([N+](=O)[O-])cc1)C(N)=O. The first-order valence-electron chi connectivity index (χ1n) is 5.38. The minimum atomic E-state index is -0.478. The maximum Gasteiger partial charge on any atom is 0.269 e. The first-order valence-corrected chi connectivity index (χ1v) is 5.38. The van der Waals surface area contributed by atoms with Crippen LogP contribution in [0, 0.1) is 10.1 Å². The molecule has 0 radical (unpaired) electrons. The Bertz CT molecular complexity index is 419. The Balaban J connectivity index is 2.44. The van der Waals surface area contributed by atoms with Gasteiger partial charge in [0, 0.05) is 18.6 Å². The second-order valence-electron chi connectivity index (χ2n) is 3.63. The van der Waals surface area contributed by atoms with E-state index in [1.54, 1.807) is 7.05 Å². The highest BCUT2D eigenvalue weighted by atomic mass is 16.6. The molecule has 0 fully saturated rings. The fraction of sp³-hybridized carbons (Fsp3) is 0.364. The number of likely N-dealkylation sites (N-methyl/N-ethyl adjacent to an activating group) is 1. The molecule has 0 aliphatic heterocycles. The molecule has 98 valence electrons. The molecule has 0 aliphatic rings. The molecule has 1 rings (SSSR count). The Hall–Kier alpha value is -2.15. The molecule has 3 N–H and O–H groups in total. The van der Waals surface area contributed by atoms with Gasteiger partial charge in [0.05, 0.1) is 17.6 Å². The lowest BCUT2D eigenvalue weighted by Crippen LogP contribution is -2.40. The van der Waals surface area contributed by atoms with Gasteiger partial charge in [-0.3, -0.25) is 14.9 Å². The number of hydrogen-bond acceptors (Lipinski definition) is 5. The summed E-state index contributed by atoms with van der Waals surface area (Å²) >= 11 is 0. The van der Waals surface area contributed by atoms with Gasteiger partial charge in [-0.05, 0) is 19.2 Å². The zero-order valence-corrected chi connectivity index (χ0v) is 9.96. The number of primary amides is 1. The molecule has 1 atom stereocenters. The van der Waals surface area contributed by atoms with Gasteiger partial charge in [0.25, 0.3) is 5.69 Å². The molecule has 0 saturated heterocycles. The Morgan fingerprint density at radius 3 is 2.56 bits per heavy atom. The summed E-state index contributed by atoms with van der Waals surface area (Å²) in [6.45, 7) is 0.298. The number of carbonyl (C=O) groups excluding carboxylic acids is 1. The van der Waals surface area contributed by atoms with Crippen molar-refractivity contribution < 1.29 is 14.5 Å². The van der Waals surface area contributed by atoms with E-state index in [1.807, 2.05) is 0 Å². The molecule has 18 heavy (non-hydrogen) atoms. The van der Waals surface area contributed by atoms with Crippen LogP contribution in [-0.4, -0.2) is 30.5 Å². The summed E-state index contributed by atoms with van der Waals surface area (Å²) < 4.78 is 5.35. The zero-order valence-electron chi connectivity index (χ0n) is 9.96. The van der Waals surface area contributed by atoms with Gasteiger partial charge in [-0.2, -0.15) is 0 Å². The Morgan fingerprint density at radius 1 is 1.50 bits per heavy atom. The largest absolute Gasteiger partial charge is 0.494 e. The van der Waals surface area contributed by atoms with Gasteiger partial charge in [-0.1, -0.05) is 0 Å². The molecule has 0 bridgehead atoms. The highest BCUT2D eigenvalue weighted by Crippen LogP contribution is 2.17. The summed E-state index contributed by atoms with van der Waals surface area (Å²) in [5.74, 6) is 0.0738. The van der Waals surface area contributed by atoms with Crippen LogP contribution in [0.5, 0.6) is 5.75 Å². The number of rotatable bonds is 7. The number of nitrogens with zero attached hydrogens (tertiary/aromatic N) is 1. The smallest absolute Gasteiger partial charge is 0.269 e. The molecule has 0 spiro atoms. The fourth-order valence-electron chi connectivity index (χ4n) is 1.39. The summed E-state index contributed by atoms with van der Waals surface area (Å²) in [5, 5.41) is 13.2. The number of ether oxygens (including phenoxy) is 1. The third-order valence-corrected chi connectivity index (χ3v) is 2.41. The second-order valence-corrected chi connectivity index (χ2v) is 3.63. The van der Waals surface area contributed by atoms with Crippen molar-refractivity contribution in [3.8, 4) is 5.75 Å². The average Bonchev–Trinajstić information content (AvgIpc) is 2.34. The van der Waals surface area contributed by atoms with Gasteiger partial charge in [-0.15, -0.1) is 0 Å². The van der Waals surface area contributed by atoms with E-state index >= 15 is 0 Å². The molecule has 0 heterocycles. The van der Waals surface area contributed by atoms with E-state index in [2.05, 4.69) is 5.32 Å². The quantitative estimate of drug-likeness (QED) is 0.541. The topological polar surface area (TPSA) is 107 Å². The summed E-state index contributed by atoms with van der Waals surface area (Å²) in [4.78, 5) is 20.9. The van der Waals surface area contributed by atoms with Crippen LogP contribution in [0.3, 0.4) is 0 Å². The molecular weight excluding hydrogens is 238 g/mol. The van der Waals surface area contributed by atoms with Crippen LogP contribution in [0.15, 0.2) is 24.3 Å². The number of nitrogens with one attached hydrogen (secondary N) is 1. The van der Waals surface area contributed by atoms with Gasteiger partial charge >= 0.3 is 0 Å². The molecule has 1 aromatic rings. The highest BCUT2D eigenvalue weighted by molar-refractivity contribution is 5.79. The van der Waals surface area contributed by atoms with Crippen LogP contribution in [0.2, 0.25) is 0 Å². The van der Waals surface area contributed by atoms with Crippen LogP contribution in [-0.2, 0) is 4.79 Å². The first-order chi connectivity index (χ1) is 8.54. The number of benzene rings is 1. The van der Waals surface area contributed by atoms with Gasteiger partial charge in [0.2, 0.25) is 5.91 Å². The minimum Gasteiger partial charge on any atom is -0.494 e. The standard InChI is InChI=1S/C11H15N3O4/c1-13-10(11(12)15)6-7-18-9-4-2-8(3-5-9)14(16)17/h2-5,10,13H,6-7H2,1H3,(H2,12,15). The average molecular weight is 253 g/mol. The number of carbonyl (C=O) groups is 1. The molecule has 0 aromatic heterocycles. The van der Waals surface area contributed by atoms with E-state index in [0.717, 1.165) is 0 Å². The summed E-state index contributed by atoms with van der Waals surface area (Å²) in [7, 11) is 1.64. The fourth-order valence-corrected chi connectivity index (χ4v) is 1.39. The zero-order chi connectivity index (χ0) is 13.5. The molecule has 1 amide bonds. The lowest BCUT2D eigenvalue weighted by molar-refractivity contribution is -0.384. The molecule has 1 aromatic carbocycles. The van der Waals surface area contributed by atoms with Crippen LogP contribution in [0.4, 0.5) is 5.69 Å². The van der Waals surface area contributed by atoms with Crippen molar-refractivity contribution in [2.24, 2.45) is 5.73 Å². The Morgan fingerprint density at radius 2 is 2.11 bits per heavy atom. The van der Waals surface area contributed by atoms with E-state index in [4.69, 9.17) is 10.5 Å². The van der Waals surface area contributed by atoms with Gasteiger partial charge in [0.1, 0.15) is 5.75 Å². The number of amides is 1. The Labute approximate surface area is 104 Å².